The van der Waals surface area contributed by atoms with E-state index in [1.165, 1.54) is 0 Å². The first-order valence-corrected chi connectivity index (χ1v) is 25.1. The van der Waals surface area contributed by atoms with Gasteiger partial charge in [-0.3, -0.25) is 14.2 Å². The summed E-state index contributed by atoms with van der Waals surface area (Å²) in [5, 5.41) is 0. The molecule has 9 nitrogen and oxygen atoms in total. The molecule has 0 aliphatic rings. The van der Waals surface area contributed by atoms with Gasteiger partial charge < -0.3 is 27.9 Å². The van der Waals surface area contributed by atoms with Crippen LogP contribution in [-0.4, -0.2) is 70.0 Å². The van der Waals surface area contributed by atoms with Crippen LogP contribution >= 0.6 is 7.82 Å². The first kappa shape index (κ1) is 58.7. The van der Waals surface area contributed by atoms with Crippen LogP contribution in [0.25, 0.3) is 0 Å². The molecule has 352 valence electrons. The highest BCUT2D eigenvalue weighted by Gasteiger charge is 2.21. The number of quaternary nitrogens is 1. The fraction of sp³-hybridized carbons (Fsp3) is 0.615. The summed E-state index contributed by atoms with van der Waals surface area (Å²) in [7, 11) is 1.11. The Morgan fingerprint density at radius 1 is 0.500 bits per heavy atom. The van der Waals surface area contributed by atoms with Crippen LogP contribution in [0, 0.1) is 0 Å². The highest BCUT2D eigenvalue weighted by atomic mass is 31.2. The first-order valence-electron chi connectivity index (χ1n) is 23.6. The summed E-state index contributed by atoms with van der Waals surface area (Å²) in [5.74, 6) is -0.895. The number of ether oxygens (including phenoxy) is 2. The van der Waals surface area contributed by atoms with Gasteiger partial charge in [-0.25, -0.2) is 0 Å². The second kappa shape index (κ2) is 42.9. The third kappa shape index (κ3) is 46.2. The van der Waals surface area contributed by atoms with Crippen molar-refractivity contribution in [3.8, 4) is 0 Å². The van der Waals surface area contributed by atoms with Gasteiger partial charge in [-0.1, -0.05) is 155 Å². The summed E-state index contributed by atoms with van der Waals surface area (Å²) in [6, 6.07) is 0. The lowest BCUT2D eigenvalue weighted by Gasteiger charge is -2.28. The van der Waals surface area contributed by atoms with Gasteiger partial charge in [-0.15, -0.1) is 0 Å². The zero-order chi connectivity index (χ0) is 45.7. The molecule has 0 amide bonds. The van der Waals surface area contributed by atoms with Gasteiger partial charge in [0.1, 0.15) is 19.8 Å². The number of esters is 2. The molecule has 0 radical (unpaired) electrons. The molecule has 0 rings (SSSR count). The molecular formula is C52H86NO8P. The van der Waals surface area contributed by atoms with Gasteiger partial charge in [0.2, 0.25) is 0 Å². The minimum absolute atomic E-state index is 0.0461. The average molecular weight is 884 g/mol. The van der Waals surface area contributed by atoms with Crippen molar-refractivity contribution in [1.29, 1.82) is 0 Å². The van der Waals surface area contributed by atoms with Gasteiger partial charge in [0.15, 0.2) is 6.10 Å². The number of likely N-dealkylation sites (N-methyl/N-ethyl adjacent to an activating group) is 1. The van der Waals surface area contributed by atoms with Crippen molar-refractivity contribution in [3.05, 3.63) is 109 Å². The van der Waals surface area contributed by atoms with E-state index in [9.17, 15) is 19.0 Å². The van der Waals surface area contributed by atoms with Crippen LogP contribution in [0.2, 0.25) is 0 Å². The molecule has 2 unspecified atom stereocenters. The van der Waals surface area contributed by atoms with E-state index < -0.39 is 32.5 Å². The Morgan fingerprint density at radius 3 is 1.29 bits per heavy atom. The highest BCUT2D eigenvalue weighted by molar-refractivity contribution is 7.45. The number of phosphoric acid groups is 1. The van der Waals surface area contributed by atoms with E-state index in [0.29, 0.717) is 23.9 Å². The Balaban J connectivity index is 4.41. The average Bonchev–Trinajstić information content (AvgIpc) is 3.23. The fourth-order valence-corrected chi connectivity index (χ4v) is 6.40. The maximum absolute atomic E-state index is 12.7. The second-order valence-electron chi connectivity index (χ2n) is 16.4. The zero-order valence-corrected chi connectivity index (χ0v) is 40.4. The first-order chi connectivity index (χ1) is 30.0. The molecule has 0 aromatic carbocycles. The molecule has 0 aromatic heterocycles. The number of allylic oxidation sites excluding steroid dienone is 18. The van der Waals surface area contributed by atoms with Crippen molar-refractivity contribution in [1.82, 2.24) is 0 Å². The van der Waals surface area contributed by atoms with Gasteiger partial charge in [-0.2, -0.15) is 0 Å². The molecular weight excluding hydrogens is 798 g/mol. The van der Waals surface area contributed by atoms with E-state index in [4.69, 9.17) is 18.5 Å². The minimum Gasteiger partial charge on any atom is -0.756 e. The molecule has 10 heteroatoms. The monoisotopic (exact) mass is 884 g/mol. The smallest absolute Gasteiger partial charge is 0.306 e. The molecule has 0 spiro atoms. The summed E-state index contributed by atoms with van der Waals surface area (Å²) in [6.45, 7) is 3.92. The molecule has 0 saturated heterocycles. The SMILES string of the molecule is CC/C=C\C/C=C\C/C=C\C/C=C\C/C=C\C/C=C\CCCCCCC(=O)OC(COC(=O)CCCCCCC/C=C\C/C=C\C/C=C\CC)COP(=O)([O-])OCC[N+](C)(C)C. The molecule has 0 bridgehead atoms. The van der Waals surface area contributed by atoms with E-state index in [-0.39, 0.29) is 26.1 Å². The van der Waals surface area contributed by atoms with Gasteiger partial charge in [0, 0.05) is 12.8 Å². The minimum atomic E-state index is -4.65. The van der Waals surface area contributed by atoms with Crippen LogP contribution in [0.3, 0.4) is 0 Å². The van der Waals surface area contributed by atoms with Gasteiger partial charge in [0.25, 0.3) is 7.82 Å². The molecule has 0 aliphatic heterocycles. The number of carbonyl (C=O) groups excluding carboxylic acids is 2. The van der Waals surface area contributed by atoms with Gasteiger partial charge >= 0.3 is 11.9 Å². The van der Waals surface area contributed by atoms with Crippen molar-refractivity contribution < 1.29 is 42.1 Å². The van der Waals surface area contributed by atoms with Crippen LogP contribution in [0.5, 0.6) is 0 Å². The summed E-state index contributed by atoms with van der Waals surface area (Å²) in [4.78, 5) is 37.6. The Kier molecular flexibility index (Phi) is 40.6. The Morgan fingerprint density at radius 2 is 0.871 bits per heavy atom. The third-order valence-corrected chi connectivity index (χ3v) is 10.3. The third-order valence-electron chi connectivity index (χ3n) is 9.29. The summed E-state index contributed by atoms with van der Waals surface area (Å²) in [6.07, 6.45) is 58.3. The molecule has 0 aliphatic carbocycles. The van der Waals surface area contributed by atoms with E-state index in [1.807, 2.05) is 21.1 Å². The van der Waals surface area contributed by atoms with Crippen molar-refractivity contribution >= 4 is 19.8 Å². The molecule has 0 saturated carbocycles. The molecule has 0 fully saturated rings. The molecule has 0 aromatic rings. The topological polar surface area (TPSA) is 111 Å². The normalized spacial score (nSPS) is 14.5. The lowest BCUT2D eigenvalue weighted by Crippen LogP contribution is -2.37. The predicted molar refractivity (Wildman–Crippen MR) is 258 cm³/mol. The maximum atomic E-state index is 12.7. The van der Waals surface area contributed by atoms with E-state index >= 15 is 0 Å². The Hall–Kier alpha value is -3.33. The van der Waals surface area contributed by atoms with E-state index in [2.05, 4.69) is 123 Å². The summed E-state index contributed by atoms with van der Waals surface area (Å²) >= 11 is 0. The number of nitrogens with zero attached hydrogens (tertiary/aromatic N) is 1. The van der Waals surface area contributed by atoms with Crippen molar-refractivity contribution in [2.75, 3.05) is 47.5 Å². The number of hydrogen-bond acceptors (Lipinski definition) is 8. The lowest BCUT2D eigenvalue weighted by atomic mass is 10.1. The van der Waals surface area contributed by atoms with Crippen LogP contribution in [-0.2, 0) is 32.7 Å². The van der Waals surface area contributed by atoms with E-state index in [1.54, 1.807) is 0 Å². The molecule has 62 heavy (non-hydrogen) atoms. The van der Waals surface area contributed by atoms with Crippen LogP contribution in [0.1, 0.15) is 155 Å². The predicted octanol–water partition coefficient (Wildman–Crippen LogP) is 13.3. The summed E-state index contributed by atoms with van der Waals surface area (Å²) < 4.78 is 33.9. The Labute approximate surface area is 378 Å². The summed E-state index contributed by atoms with van der Waals surface area (Å²) in [5.41, 5.74) is 0. The second-order valence-corrected chi connectivity index (χ2v) is 17.8. The van der Waals surface area contributed by atoms with Crippen molar-refractivity contribution in [2.24, 2.45) is 0 Å². The van der Waals surface area contributed by atoms with Crippen LogP contribution < -0.4 is 4.89 Å². The van der Waals surface area contributed by atoms with E-state index in [0.717, 1.165) is 116 Å². The maximum Gasteiger partial charge on any atom is 0.306 e. The zero-order valence-electron chi connectivity index (χ0n) is 39.5. The molecule has 0 N–H and O–H groups in total. The molecule has 2 atom stereocenters. The fourth-order valence-electron chi connectivity index (χ4n) is 5.67. The molecule has 0 heterocycles. The number of carbonyl (C=O) groups is 2. The number of rotatable bonds is 41. The Bertz CT molecular complexity index is 1420. The van der Waals surface area contributed by atoms with Crippen LogP contribution in [0.15, 0.2) is 109 Å². The largest absolute Gasteiger partial charge is 0.756 e. The number of phosphoric ester groups is 1. The quantitative estimate of drug-likeness (QED) is 0.0196. The van der Waals surface area contributed by atoms with Crippen molar-refractivity contribution in [3.63, 3.8) is 0 Å². The number of hydrogen-bond donors (Lipinski definition) is 0. The highest BCUT2D eigenvalue weighted by Crippen LogP contribution is 2.38. The standard InChI is InChI=1S/C52H86NO8P/c1-6-8-10-12-14-16-18-20-22-23-24-25-26-27-28-29-31-33-35-37-39-41-43-45-52(55)61-50(49-60-62(56,57)59-47-46-53(3,4)5)48-58-51(54)44-42-40-38-36-34-32-30-21-19-17-15-13-11-9-7-2/h8-11,14-17,20-22,24-25,27-28,30-31,33,50H,6-7,12-13,18-19,23,26,29,32,34-49H2,1-5H3/b10-8-,11-9-,16-14-,17-15-,22-20-,25-24-,28-27-,30-21-,33-31-. The lowest BCUT2D eigenvalue weighted by molar-refractivity contribution is -0.870. The van der Waals surface area contributed by atoms with Gasteiger partial charge in [-0.05, 0) is 96.3 Å². The van der Waals surface area contributed by atoms with Crippen LogP contribution in [0.4, 0.5) is 0 Å². The number of unbranched alkanes of at least 4 members (excludes halogenated alkanes) is 9. The van der Waals surface area contributed by atoms with Gasteiger partial charge in [0.05, 0.1) is 27.7 Å². The van der Waals surface area contributed by atoms with Crippen molar-refractivity contribution in [2.45, 2.75) is 161 Å².